The first-order valence-electron chi connectivity index (χ1n) is 3.76. The fourth-order valence-electron chi connectivity index (χ4n) is 0.666. The van der Waals surface area contributed by atoms with Crippen LogP contribution in [0.1, 0.15) is 13.3 Å². The van der Waals surface area contributed by atoms with Crippen molar-refractivity contribution in [1.82, 2.24) is 10.2 Å². The Bertz CT molecular complexity index is 233. The Hall–Kier alpha value is -1.52. The molecule has 1 heterocycles. The van der Waals surface area contributed by atoms with E-state index < -0.39 is 6.09 Å². The highest BCUT2D eigenvalue weighted by Gasteiger charge is 2.01. The second-order valence-electron chi connectivity index (χ2n) is 2.23. The van der Waals surface area contributed by atoms with Crippen LogP contribution in [-0.4, -0.2) is 22.9 Å². The summed E-state index contributed by atoms with van der Waals surface area (Å²) in [5.41, 5.74) is 0. The first kappa shape index (κ1) is 8.58. The Kier molecular flexibility index (Phi) is 3.13. The number of aromatic nitrogens is 2. The van der Waals surface area contributed by atoms with Crippen LogP contribution in [0.4, 0.5) is 10.6 Å². The van der Waals surface area contributed by atoms with Gasteiger partial charge in [-0.1, -0.05) is 6.92 Å². The number of H-pyrrole nitrogens is 1. The SMILES string of the molecule is CCCOC(=O)Nc1ccn[nH]1. The smallest absolute Gasteiger partial charge is 0.412 e. The molecule has 1 aromatic heterocycles. The molecule has 0 aliphatic carbocycles. The molecule has 0 aliphatic heterocycles. The first-order valence-corrected chi connectivity index (χ1v) is 3.76. The highest BCUT2D eigenvalue weighted by molar-refractivity contribution is 5.83. The van der Waals surface area contributed by atoms with Crippen molar-refractivity contribution in [3.63, 3.8) is 0 Å². The topological polar surface area (TPSA) is 67.0 Å². The van der Waals surface area contributed by atoms with Crippen molar-refractivity contribution in [2.75, 3.05) is 11.9 Å². The number of ether oxygens (including phenoxy) is 1. The van der Waals surface area contributed by atoms with Gasteiger partial charge in [0, 0.05) is 6.07 Å². The van der Waals surface area contributed by atoms with Gasteiger partial charge in [-0.2, -0.15) is 5.10 Å². The van der Waals surface area contributed by atoms with Gasteiger partial charge >= 0.3 is 6.09 Å². The van der Waals surface area contributed by atoms with Gasteiger partial charge in [-0.25, -0.2) is 4.79 Å². The number of hydrogen-bond donors (Lipinski definition) is 2. The zero-order valence-electron chi connectivity index (χ0n) is 6.83. The van der Waals surface area contributed by atoms with Gasteiger partial charge in [0.2, 0.25) is 0 Å². The van der Waals surface area contributed by atoms with Gasteiger partial charge in [0.05, 0.1) is 12.8 Å². The minimum Gasteiger partial charge on any atom is -0.449 e. The third-order valence-electron chi connectivity index (χ3n) is 1.17. The molecule has 0 radical (unpaired) electrons. The molecule has 0 saturated carbocycles. The van der Waals surface area contributed by atoms with E-state index in [0.717, 1.165) is 6.42 Å². The van der Waals surface area contributed by atoms with Gasteiger partial charge in [0.25, 0.3) is 0 Å². The number of carbonyl (C=O) groups is 1. The summed E-state index contributed by atoms with van der Waals surface area (Å²) < 4.78 is 4.77. The van der Waals surface area contributed by atoms with Gasteiger partial charge in [-0.15, -0.1) is 0 Å². The van der Waals surface area contributed by atoms with E-state index in [9.17, 15) is 4.79 Å². The van der Waals surface area contributed by atoms with E-state index >= 15 is 0 Å². The number of nitrogens with one attached hydrogen (secondary N) is 2. The van der Waals surface area contributed by atoms with Crippen molar-refractivity contribution < 1.29 is 9.53 Å². The molecule has 5 heteroatoms. The molecule has 0 saturated heterocycles. The average molecular weight is 169 g/mol. The average Bonchev–Trinajstić information content (AvgIpc) is 2.53. The number of aromatic amines is 1. The van der Waals surface area contributed by atoms with Crippen molar-refractivity contribution in [1.29, 1.82) is 0 Å². The summed E-state index contributed by atoms with van der Waals surface area (Å²) in [4.78, 5) is 10.9. The maximum Gasteiger partial charge on any atom is 0.412 e. The Morgan fingerprint density at radius 3 is 3.25 bits per heavy atom. The van der Waals surface area contributed by atoms with Crippen molar-refractivity contribution in [3.05, 3.63) is 12.3 Å². The van der Waals surface area contributed by atoms with E-state index in [4.69, 9.17) is 4.74 Å². The number of amides is 1. The minimum absolute atomic E-state index is 0.431. The van der Waals surface area contributed by atoms with E-state index in [-0.39, 0.29) is 0 Å². The van der Waals surface area contributed by atoms with Gasteiger partial charge in [0.15, 0.2) is 0 Å². The number of carbonyl (C=O) groups excluding carboxylic acids is 1. The zero-order valence-corrected chi connectivity index (χ0v) is 6.83. The molecule has 0 unspecified atom stereocenters. The molecule has 0 aliphatic rings. The fraction of sp³-hybridized carbons (Fsp3) is 0.429. The monoisotopic (exact) mass is 169 g/mol. The lowest BCUT2D eigenvalue weighted by Gasteiger charge is -2.02. The molecule has 1 aromatic rings. The summed E-state index contributed by atoms with van der Waals surface area (Å²) in [6.45, 7) is 2.36. The molecule has 2 N–H and O–H groups in total. The Morgan fingerprint density at radius 1 is 1.83 bits per heavy atom. The van der Waals surface area contributed by atoms with Crippen LogP contribution >= 0.6 is 0 Å². The summed E-state index contributed by atoms with van der Waals surface area (Å²) in [5, 5.41) is 8.72. The third kappa shape index (κ3) is 2.61. The van der Waals surface area contributed by atoms with E-state index in [0.29, 0.717) is 12.4 Å². The third-order valence-corrected chi connectivity index (χ3v) is 1.17. The summed E-state index contributed by atoms with van der Waals surface area (Å²) in [6, 6.07) is 1.65. The number of anilines is 1. The Morgan fingerprint density at radius 2 is 2.67 bits per heavy atom. The molecule has 5 nitrogen and oxygen atoms in total. The van der Waals surface area contributed by atoms with Crippen molar-refractivity contribution in [2.24, 2.45) is 0 Å². The quantitative estimate of drug-likeness (QED) is 0.718. The van der Waals surface area contributed by atoms with E-state index in [1.807, 2.05) is 6.92 Å². The molecule has 12 heavy (non-hydrogen) atoms. The van der Waals surface area contributed by atoms with E-state index in [2.05, 4.69) is 15.5 Å². The molecule has 0 aromatic carbocycles. The van der Waals surface area contributed by atoms with Crippen LogP contribution in [0.25, 0.3) is 0 Å². The maximum atomic E-state index is 10.9. The second kappa shape index (κ2) is 4.38. The van der Waals surface area contributed by atoms with Crippen molar-refractivity contribution in [3.8, 4) is 0 Å². The standard InChI is InChI=1S/C7H11N3O2/c1-2-5-12-7(11)9-6-3-4-8-10-6/h3-4H,2,5H2,1H3,(H2,8,9,10,11). The number of nitrogens with zero attached hydrogens (tertiary/aromatic N) is 1. The van der Waals surface area contributed by atoms with Crippen LogP contribution in [-0.2, 0) is 4.74 Å². The molecule has 0 bridgehead atoms. The van der Waals surface area contributed by atoms with Crippen molar-refractivity contribution >= 4 is 11.9 Å². The van der Waals surface area contributed by atoms with E-state index in [1.54, 1.807) is 12.3 Å². The molecule has 0 fully saturated rings. The molecule has 1 rings (SSSR count). The van der Waals surface area contributed by atoms with Crippen molar-refractivity contribution in [2.45, 2.75) is 13.3 Å². The van der Waals surface area contributed by atoms with Crippen LogP contribution in [0.15, 0.2) is 12.3 Å². The Balaban J connectivity index is 2.27. The van der Waals surface area contributed by atoms with Crippen LogP contribution < -0.4 is 5.32 Å². The lowest BCUT2D eigenvalue weighted by molar-refractivity contribution is 0.161. The van der Waals surface area contributed by atoms with E-state index in [1.165, 1.54) is 0 Å². The molecular formula is C7H11N3O2. The molecule has 0 spiro atoms. The van der Waals surface area contributed by atoms with Crippen LogP contribution in [0.2, 0.25) is 0 Å². The molecule has 0 atom stereocenters. The largest absolute Gasteiger partial charge is 0.449 e. The predicted octanol–water partition coefficient (Wildman–Crippen LogP) is 1.37. The van der Waals surface area contributed by atoms with Crippen LogP contribution in [0, 0.1) is 0 Å². The summed E-state index contributed by atoms with van der Waals surface area (Å²) in [5.74, 6) is 0.538. The lowest BCUT2D eigenvalue weighted by atomic mass is 10.5. The highest BCUT2D eigenvalue weighted by atomic mass is 16.5. The summed E-state index contributed by atoms with van der Waals surface area (Å²) in [6.07, 6.45) is 1.91. The van der Waals surface area contributed by atoms with Gasteiger partial charge < -0.3 is 4.74 Å². The fourth-order valence-corrected chi connectivity index (χ4v) is 0.666. The van der Waals surface area contributed by atoms with Crippen LogP contribution in [0.5, 0.6) is 0 Å². The summed E-state index contributed by atoms with van der Waals surface area (Å²) in [7, 11) is 0. The molecule has 66 valence electrons. The van der Waals surface area contributed by atoms with Crippen LogP contribution in [0.3, 0.4) is 0 Å². The second-order valence-corrected chi connectivity index (χ2v) is 2.23. The predicted molar refractivity (Wildman–Crippen MR) is 43.8 cm³/mol. The van der Waals surface area contributed by atoms with Gasteiger partial charge in [0.1, 0.15) is 5.82 Å². The zero-order chi connectivity index (χ0) is 8.81. The summed E-state index contributed by atoms with van der Waals surface area (Å²) >= 11 is 0. The van der Waals surface area contributed by atoms with Gasteiger partial charge in [-0.05, 0) is 6.42 Å². The highest BCUT2D eigenvalue weighted by Crippen LogP contribution is 1.98. The van der Waals surface area contributed by atoms with Gasteiger partial charge in [-0.3, -0.25) is 10.4 Å². The number of hydrogen-bond acceptors (Lipinski definition) is 3. The molecular weight excluding hydrogens is 158 g/mol. The first-order chi connectivity index (χ1) is 5.83. The molecule has 1 amide bonds. The normalized spacial score (nSPS) is 9.42. The Labute approximate surface area is 70.1 Å². The minimum atomic E-state index is -0.457. The lowest BCUT2D eigenvalue weighted by Crippen LogP contribution is -2.14. The maximum absolute atomic E-state index is 10.9. The number of rotatable bonds is 3.